The van der Waals surface area contributed by atoms with Gasteiger partial charge in [0.05, 0.1) is 18.2 Å². The van der Waals surface area contributed by atoms with Crippen LogP contribution in [0.15, 0.2) is 29.9 Å². The minimum Gasteiger partial charge on any atom is -0.336 e. The van der Waals surface area contributed by atoms with Crippen molar-refractivity contribution in [2.45, 2.75) is 38.1 Å². The molecule has 8 heteroatoms. The SMILES string of the molecule is O=C1NCCN1c1nc(CC(=O)N2CCCCCC2c2ccncc2)cs1. The number of pyridine rings is 1. The molecule has 2 fully saturated rings. The molecule has 2 aliphatic heterocycles. The fourth-order valence-corrected chi connectivity index (χ4v) is 4.60. The van der Waals surface area contributed by atoms with E-state index in [1.54, 1.807) is 17.3 Å². The molecule has 0 spiro atoms. The molecule has 7 nitrogen and oxygen atoms in total. The molecular formula is C19H23N5O2S. The third-order valence-corrected chi connectivity index (χ3v) is 6.04. The summed E-state index contributed by atoms with van der Waals surface area (Å²) in [7, 11) is 0. The molecular weight excluding hydrogens is 362 g/mol. The minimum atomic E-state index is -0.118. The summed E-state index contributed by atoms with van der Waals surface area (Å²) in [4.78, 5) is 37.1. The Bertz CT molecular complexity index is 809. The van der Waals surface area contributed by atoms with E-state index in [9.17, 15) is 9.59 Å². The highest BCUT2D eigenvalue weighted by Gasteiger charge is 2.28. The van der Waals surface area contributed by atoms with Crippen molar-refractivity contribution in [1.29, 1.82) is 0 Å². The lowest BCUT2D eigenvalue weighted by atomic mass is 10.0. The minimum absolute atomic E-state index is 0.0986. The van der Waals surface area contributed by atoms with Gasteiger partial charge in [-0.05, 0) is 30.5 Å². The monoisotopic (exact) mass is 385 g/mol. The van der Waals surface area contributed by atoms with E-state index in [4.69, 9.17) is 0 Å². The lowest BCUT2D eigenvalue weighted by Crippen LogP contribution is -2.36. The third kappa shape index (κ3) is 3.95. The second-order valence-electron chi connectivity index (χ2n) is 6.91. The number of amides is 3. The van der Waals surface area contributed by atoms with Crippen LogP contribution in [0.1, 0.15) is 43.0 Å². The number of carbonyl (C=O) groups excluding carboxylic acids is 2. The molecule has 1 atom stereocenters. The number of thiazole rings is 1. The molecule has 0 aliphatic carbocycles. The van der Waals surface area contributed by atoms with Crippen molar-refractivity contribution in [2.75, 3.05) is 24.5 Å². The lowest BCUT2D eigenvalue weighted by molar-refractivity contribution is -0.133. The fraction of sp³-hybridized carbons (Fsp3) is 0.474. The van der Waals surface area contributed by atoms with Crippen LogP contribution in [0.25, 0.3) is 0 Å². The van der Waals surface area contributed by atoms with Crippen LogP contribution in [0.3, 0.4) is 0 Å². The van der Waals surface area contributed by atoms with Gasteiger partial charge in [-0.25, -0.2) is 9.78 Å². The smallest absolute Gasteiger partial charge is 0.323 e. The maximum Gasteiger partial charge on any atom is 0.323 e. The Morgan fingerprint density at radius 3 is 2.85 bits per heavy atom. The second-order valence-corrected chi connectivity index (χ2v) is 7.75. The van der Waals surface area contributed by atoms with Crippen LogP contribution in [-0.2, 0) is 11.2 Å². The molecule has 0 radical (unpaired) electrons. The Balaban J connectivity index is 1.49. The summed E-state index contributed by atoms with van der Waals surface area (Å²) in [5, 5.41) is 5.32. The summed E-state index contributed by atoms with van der Waals surface area (Å²) in [6, 6.07) is 3.99. The Morgan fingerprint density at radius 1 is 1.22 bits per heavy atom. The van der Waals surface area contributed by atoms with Crippen LogP contribution in [-0.4, -0.2) is 46.4 Å². The van der Waals surface area contributed by atoms with Crippen LogP contribution >= 0.6 is 11.3 Å². The molecule has 0 aromatic carbocycles. The predicted octanol–water partition coefficient (Wildman–Crippen LogP) is 2.75. The molecule has 2 aromatic heterocycles. The highest BCUT2D eigenvalue weighted by molar-refractivity contribution is 7.14. The summed E-state index contributed by atoms with van der Waals surface area (Å²) < 4.78 is 0. The van der Waals surface area contributed by atoms with Gasteiger partial charge < -0.3 is 10.2 Å². The molecule has 1 unspecified atom stereocenters. The van der Waals surface area contributed by atoms with Gasteiger partial charge in [0.25, 0.3) is 0 Å². The fourth-order valence-electron chi connectivity index (χ4n) is 3.75. The quantitative estimate of drug-likeness (QED) is 0.878. The number of anilines is 1. The zero-order valence-electron chi connectivity index (χ0n) is 15.1. The van der Waals surface area contributed by atoms with Crippen LogP contribution in [0.5, 0.6) is 0 Å². The van der Waals surface area contributed by atoms with Crippen molar-refractivity contribution < 1.29 is 9.59 Å². The zero-order chi connectivity index (χ0) is 18.6. The van der Waals surface area contributed by atoms with E-state index in [0.29, 0.717) is 18.2 Å². The number of carbonyl (C=O) groups is 2. The summed E-state index contributed by atoms with van der Waals surface area (Å²) in [5.41, 5.74) is 1.88. The molecule has 4 rings (SSSR count). The maximum atomic E-state index is 13.1. The largest absolute Gasteiger partial charge is 0.336 e. The highest BCUT2D eigenvalue weighted by Crippen LogP contribution is 2.31. The topological polar surface area (TPSA) is 78.4 Å². The number of rotatable bonds is 4. The molecule has 2 saturated heterocycles. The molecule has 1 N–H and O–H groups in total. The Hall–Kier alpha value is -2.48. The van der Waals surface area contributed by atoms with Gasteiger partial charge in [0, 0.05) is 37.4 Å². The number of nitrogens with one attached hydrogen (secondary N) is 1. The first kappa shape index (κ1) is 17.9. The number of hydrogen-bond acceptors (Lipinski definition) is 5. The predicted molar refractivity (Wildman–Crippen MR) is 104 cm³/mol. The van der Waals surface area contributed by atoms with Crippen LogP contribution in [0, 0.1) is 0 Å². The second kappa shape index (κ2) is 8.04. The standard InChI is InChI=1S/C19H23N5O2S/c25-17(12-15-13-27-19(22-15)24-11-9-21-18(24)26)23-10-3-1-2-4-16(23)14-5-7-20-8-6-14/h5-8,13,16H,1-4,9-12H2,(H,21,26). The van der Waals surface area contributed by atoms with Crippen molar-refractivity contribution in [3.05, 3.63) is 41.2 Å². The van der Waals surface area contributed by atoms with E-state index < -0.39 is 0 Å². The summed E-state index contributed by atoms with van der Waals surface area (Å²) in [6.07, 6.45) is 8.13. The summed E-state index contributed by atoms with van der Waals surface area (Å²) in [5.74, 6) is 0.0986. The van der Waals surface area contributed by atoms with Crippen molar-refractivity contribution in [3.63, 3.8) is 0 Å². The van der Waals surface area contributed by atoms with Gasteiger partial charge in [-0.2, -0.15) is 0 Å². The van der Waals surface area contributed by atoms with E-state index in [-0.39, 0.29) is 24.4 Å². The summed E-state index contributed by atoms with van der Waals surface area (Å²) >= 11 is 1.42. The molecule has 0 bridgehead atoms. The normalized spacial score (nSPS) is 20.4. The Kier molecular flexibility index (Phi) is 5.33. The van der Waals surface area contributed by atoms with Crippen LogP contribution in [0.4, 0.5) is 9.93 Å². The molecule has 2 aliphatic rings. The van der Waals surface area contributed by atoms with Crippen molar-refractivity contribution in [1.82, 2.24) is 20.2 Å². The van der Waals surface area contributed by atoms with Gasteiger partial charge >= 0.3 is 6.03 Å². The molecule has 3 amide bonds. The number of likely N-dealkylation sites (tertiary alicyclic amines) is 1. The summed E-state index contributed by atoms with van der Waals surface area (Å²) in [6.45, 7) is 2.03. The maximum absolute atomic E-state index is 13.1. The number of nitrogens with zero attached hydrogens (tertiary/aromatic N) is 4. The Morgan fingerprint density at radius 2 is 2.07 bits per heavy atom. The lowest BCUT2D eigenvalue weighted by Gasteiger charge is -2.30. The van der Waals surface area contributed by atoms with E-state index >= 15 is 0 Å². The molecule has 0 saturated carbocycles. The van der Waals surface area contributed by atoms with Gasteiger partial charge in [0.15, 0.2) is 5.13 Å². The zero-order valence-corrected chi connectivity index (χ0v) is 16.0. The van der Waals surface area contributed by atoms with Crippen LogP contribution < -0.4 is 10.2 Å². The number of hydrogen-bond donors (Lipinski definition) is 1. The van der Waals surface area contributed by atoms with Gasteiger partial charge in [-0.1, -0.05) is 12.8 Å². The first-order valence-electron chi connectivity index (χ1n) is 9.41. The van der Waals surface area contributed by atoms with E-state index in [0.717, 1.165) is 43.5 Å². The number of aromatic nitrogens is 2. The van der Waals surface area contributed by atoms with Gasteiger partial charge in [-0.15, -0.1) is 11.3 Å². The third-order valence-electron chi connectivity index (χ3n) is 5.12. The first-order chi connectivity index (χ1) is 13.2. The first-order valence-corrected chi connectivity index (χ1v) is 10.3. The Labute approximate surface area is 162 Å². The van der Waals surface area contributed by atoms with Gasteiger partial charge in [-0.3, -0.25) is 14.7 Å². The van der Waals surface area contributed by atoms with Gasteiger partial charge in [0.2, 0.25) is 5.91 Å². The molecule has 4 heterocycles. The average Bonchev–Trinajstić information content (AvgIpc) is 3.23. The van der Waals surface area contributed by atoms with E-state index in [1.165, 1.54) is 11.3 Å². The van der Waals surface area contributed by atoms with Gasteiger partial charge in [0.1, 0.15) is 0 Å². The molecule has 2 aromatic rings. The van der Waals surface area contributed by atoms with Crippen molar-refractivity contribution >= 4 is 28.4 Å². The molecule has 27 heavy (non-hydrogen) atoms. The van der Waals surface area contributed by atoms with Crippen molar-refractivity contribution in [3.8, 4) is 0 Å². The average molecular weight is 385 g/mol. The van der Waals surface area contributed by atoms with E-state index in [2.05, 4.69) is 15.3 Å². The van der Waals surface area contributed by atoms with Crippen LogP contribution in [0.2, 0.25) is 0 Å². The van der Waals surface area contributed by atoms with Crippen molar-refractivity contribution in [2.24, 2.45) is 0 Å². The number of urea groups is 1. The highest BCUT2D eigenvalue weighted by atomic mass is 32.1. The van der Waals surface area contributed by atoms with E-state index in [1.807, 2.05) is 22.4 Å². The molecule has 142 valence electrons.